The molecular weight excluding hydrogens is 322 g/mol. The Labute approximate surface area is 143 Å². The van der Waals surface area contributed by atoms with Gasteiger partial charge in [0.15, 0.2) is 0 Å². The highest BCUT2D eigenvalue weighted by Gasteiger charge is 2.29. The van der Waals surface area contributed by atoms with E-state index in [0.717, 1.165) is 22.3 Å². The normalized spacial score (nSPS) is 12.7. The minimum absolute atomic E-state index is 0.0425. The summed E-state index contributed by atoms with van der Waals surface area (Å²) < 4.78 is 5.08. The maximum atomic E-state index is 11.7. The number of rotatable bonds is 4. The number of fused-ring (bicyclic) bond motifs is 3. The number of oxime groups is 1. The van der Waals surface area contributed by atoms with Crippen LogP contribution in [0.1, 0.15) is 17.0 Å². The largest absolute Gasteiger partial charge is 0.535 e. The predicted octanol–water partition coefficient (Wildman–Crippen LogP) is 2.32. The Balaban J connectivity index is 1.73. The Hall–Kier alpha value is -3.66. The molecule has 0 aromatic heterocycles. The van der Waals surface area contributed by atoms with E-state index in [1.165, 1.54) is 6.07 Å². The second-order valence-electron chi connectivity index (χ2n) is 5.30. The van der Waals surface area contributed by atoms with Crippen LogP contribution in [0.2, 0.25) is 0 Å². The molecule has 2 N–H and O–H groups in total. The first-order valence-electron chi connectivity index (χ1n) is 7.41. The van der Waals surface area contributed by atoms with Gasteiger partial charge < -0.3 is 10.5 Å². The Kier molecular flexibility index (Phi) is 4.44. The van der Waals surface area contributed by atoms with Gasteiger partial charge in [0.1, 0.15) is 12.7 Å². The molecule has 0 radical (unpaired) electrons. The smallest absolute Gasteiger partial charge is 0.432 e. The van der Waals surface area contributed by atoms with Crippen LogP contribution in [0, 0.1) is 11.3 Å². The minimum Gasteiger partial charge on any atom is -0.432 e. The summed E-state index contributed by atoms with van der Waals surface area (Å²) >= 11 is 0. The topological polar surface area (TPSA) is 115 Å². The highest BCUT2D eigenvalue weighted by Crippen LogP contribution is 2.44. The van der Waals surface area contributed by atoms with Crippen molar-refractivity contribution in [2.75, 3.05) is 6.61 Å². The fraction of sp³-hybridized carbons (Fsp3) is 0.111. The molecule has 0 saturated carbocycles. The number of nitriles is 1. The number of carbonyl (C=O) groups is 2. The van der Waals surface area contributed by atoms with Crippen molar-refractivity contribution >= 4 is 17.8 Å². The number of nitrogens with zero attached hydrogens (tertiary/aromatic N) is 2. The van der Waals surface area contributed by atoms with Crippen LogP contribution in [0.4, 0.5) is 4.79 Å². The SMILES string of the molecule is N#C/C(=N\OC(=O)OCC1c2ccccc2-c2ccccc21)C(N)=O. The summed E-state index contributed by atoms with van der Waals surface area (Å²) in [4.78, 5) is 26.9. The first-order valence-corrected chi connectivity index (χ1v) is 7.41. The van der Waals surface area contributed by atoms with Crippen molar-refractivity contribution in [2.24, 2.45) is 10.9 Å². The zero-order chi connectivity index (χ0) is 17.8. The standard InChI is InChI=1S/C18H13N3O4/c19-9-16(17(20)22)21-25-18(23)24-10-15-13-7-3-1-5-11(13)12-6-2-4-8-14(12)15/h1-8,15H,10H2,(H2,20,22)/b21-16+. The van der Waals surface area contributed by atoms with E-state index in [4.69, 9.17) is 15.7 Å². The Morgan fingerprint density at radius 3 is 2.16 bits per heavy atom. The van der Waals surface area contributed by atoms with E-state index in [1.54, 1.807) is 0 Å². The lowest BCUT2D eigenvalue weighted by atomic mass is 9.98. The second kappa shape index (κ2) is 6.84. The van der Waals surface area contributed by atoms with E-state index in [2.05, 4.69) is 9.99 Å². The van der Waals surface area contributed by atoms with Crippen molar-refractivity contribution < 1.29 is 19.2 Å². The van der Waals surface area contributed by atoms with Gasteiger partial charge in [-0.05, 0) is 22.3 Å². The van der Waals surface area contributed by atoms with Crippen molar-refractivity contribution in [3.63, 3.8) is 0 Å². The van der Waals surface area contributed by atoms with Crippen molar-refractivity contribution in [3.8, 4) is 17.2 Å². The zero-order valence-electron chi connectivity index (χ0n) is 13.0. The number of hydrogen-bond donors (Lipinski definition) is 1. The first-order chi connectivity index (χ1) is 12.1. The Morgan fingerprint density at radius 2 is 1.64 bits per heavy atom. The van der Waals surface area contributed by atoms with Crippen LogP contribution >= 0.6 is 0 Å². The molecule has 7 heteroatoms. The number of nitrogens with two attached hydrogens (primary N) is 1. The van der Waals surface area contributed by atoms with E-state index >= 15 is 0 Å². The van der Waals surface area contributed by atoms with Crippen LogP contribution in [-0.4, -0.2) is 24.4 Å². The predicted molar refractivity (Wildman–Crippen MR) is 88.4 cm³/mol. The second-order valence-corrected chi connectivity index (χ2v) is 5.30. The molecule has 0 bridgehead atoms. The van der Waals surface area contributed by atoms with Crippen LogP contribution in [0.25, 0.3) is 11.1 Å². The van der Waals surface area contributed by atoms with Crippen LogP contribution in [0.3, 0.4) is 0 Å². The van der Waals surface area contributed by atoms with Crippen LogP contribution < -0.4 is 5.73 Å². The molecule has 7 nitrogen and oxygen atoms in total. The van der Waals surface area contributed by atoms with E-state index in [0.29, 0.717) is 0 Å². The van der Waals surface area contributed by atoms with Crippen LogP contribution in [0.15, 0.2) is 53.7 Å². The van der Waals surface area contributed by atoms with Gasteiger partial charge in [-0.2, -0.15) is 5.26 Å². The summed E-state index contributed by atoms with van der Waals surface area (Å²) in [5, 5.41) is 11.7. The minimum atomic E-state index is -1.11. The molecule has 2 aromatic carbocycles. The molecule has 0 saturated heterocycles. The lowest BCUT2D eigenvalue weighted by molar-refractivity contribution is -0.112. The van der Waals surface area contributed by atoms with Crippen molar-refractivity contribution in [1.29, 1.82) is 5.26 Å². The summed E-state index contributed by atoms with van der Waals surface area (Å²) in [6.45, 7) is 0.0425. The zero-order valence-corrected chi connectivity index (χ0v) is 13.0. The third-order valence-corrected chi connectivity index (χ3v) is 3.88. The van der Waals surface area contributed by atoms with Gasteiger partial charge in [0, 0.05) is 5.92 Å². The number of ether oxygens (including phenoxy) is 1. The van der Waals surface area contributed by atoms with Crippen LogP contribution in [-0.2, 0) is 14.4 Å². The summed E-state index contributed by atoms with van der Waals surface area (Å²) in [5.74, 6) is -1.22. The molecule has 0 fully saturated rings. The molecule has 0 atom stereocenters. The van der Waals surface area contributed by atoms with Gasteiger partial charge in [-0.3, -0.25) is 9.63 Å². The Bertz CT molecular complexity index is 869. The quantitative estimate of drug-likeness (QED) is 0.398. The van der Waals surface area contributed by atoms with E-state index in [1.807, 2.05) is 48.5 Å². The highest BCUT2D eigenvalue weighted by molar-refractivity contribution is 6.44. The van der Waals surface area contributed by atoms with Gasteiger partial charge in [0.05, 0.1) is 0 Å². The molecule has 1 aliphatic rings. The first kappa shape index (κ1) is 16.2. The van der Waals surface area contributed by atoms with Gasteiger partial charge in [-0.25, -0.2) is 4.79 Å². The monoisotopic (exact) mass is 335 g/mol. The summed E-state index contributed by atoms with van der Waals surface area (Å²) in [7, 11) is 0. The molecule has 3 rings (SSSR count). The number of carbonyl (C=O) groups excluding carboxylic acids is 2. The fourth-order valence-electron chi connectivity index (χ4n) is 2.82. The van der Waals surface area contributed by atoms with E-state index in [-0.39, 0.29) is 12.5 Å². The van der Waals surface area contributed by atoms with Gasteiger partial charge in [0.25, 0.3) is 5.91 Å². The molecule has 2 aromatic rings. The summed E-state index contributed by atoms with van der Waals surface area (Å²) in [5.41, 5.74) is 8.47. The third-order valence-electron chi connectivity index (χ3n) is 3.88. The van der Waals surface area contributed by atoms with Crippen molar-refractivity contribution in [2.45, 2.75) is 5.92 Å². The summed E-state index contributed by atoms with van der Waals surface area (Å²) in [6, 6.07) is 17.2. The van der Waals surface area contributed by atoms with E-state index in [9.17, 15) is 9.59 Å². The van der Waals surface area contributed by atoms with Crippen molar-refractivity contribution in [1.82, 2.24) is 0 Å². The lowest BCUT2D eigenvalue weighted by Gasteiger charge is -2.12. The average Bonchev–Trinajstić information content (AvgIpc) is 2.94. The molecule has 0 aliphatic heterocycles. The molecule has 1 amide bonds. The lowest BCUT2D eigenvalue weighted by Crippen LogP contribution is -2.22. The maximum Gasteiger partial charge on any atom is 0.535 e. The van der Waals surface area contributed by atoms with Crippen LogP contribution in [0.5, 0.6) is 0 Å². The Morgan fingerprint density at radius 1 is 1.08 bits per heavy atom. The number of hydrogen-bond acceptors (Lipinski definition) is 6. The molecule has 124 valence electrons. The molecule has 0 unspecified atom stereocenters. The third kappa shape index (κ3) is 3.19. The van der Waals surface area contributed by atoms with Gasteiger partial charge in [-0.15, -0.1) is 0 Å². The summed E-state index contributed by atoms with van der Waals surface area (Å²) in [6.07, 6.45) is -1.11. The van der Waals surface area contributed by atoms with Crippen molar-refractivity contribution in [3.05, 3.63) is 59.7 Å². The number of primary amides is 1. The molecule has 1 aliphatic carbocycles. The highest BCUT2D eigenvalue weighted by atomic mass is 16.8. The average molecular weight is 335 g/mol. The van der Waals surface area contributed by atoms with Gasteiger partial charge in [0.2, 0.25) is 5.71 Å². The fourth-order valence-corrected chi connectivity index (χ4v) is 2.82. The number of benzene rings is 2. The molecule has 0 heterocycles. The van der Waals surface area contributed by atoms with Gasteiger partial charge >= 0.3 is 6.16 Å². The van der Waals surface area contributed by atoms with Gasteiger partial charge in [-0.1, -0.05) is 53.7 Å². The molecule has 0 spiro atoms. The number of amides is 1. The molecule has 25 heavy (non-hydrogen) atoms. The van der Waals surface area contributed by atoms with E-state index < -0.39 is 17.8 Å². The molecular formula is C18H13N3O4. The maximum absolute atomic E-state index is 11.7.